The summed E-state index contributed by atoms with van der Waals surface area (Å²) in [5, 5.41) is 3.34. The second-order valence-electron chi connectivity index (χ2n) is 6.00. The highest BCUT2D eigenvalue weighted by molar-refractivity contribution is 14.0. The third kappa shape index (κ3) is 7.19. The molecule has 0 aromatic heterocycles. The summed E-state index contributed by atoms with van der Waals surface area (Å²) in [5.74, 6) is 3.61. The summed E-state index contributed by atoms with van der Waals surface area (Å²) in [5.41, 5.74) is 0.940. The molecule has 0 aliphatic rings. The van der Waals surface area contributed by atoms with E-state index < -0.39 is 0 Å². The van der Waals surface area contributed by atoms with E-state index in [9.17, 15) is 0 Å². The number of guanidine groups is 1. The van der Waals surface area contributed by atoms with Crippen molar-refractivity contribution < 1.29 is 18.9 Å². The molecule has 2 aromatic rings. The van der Waals surface area contributed by atoms with Gasteiger partial charge in [0, 0.05) is 32.3 Å². The molecule has 0 atom stereocenters. The van der Waals surface area contributed by atoms with Crippen LogP contribution in [0.2, 0.25) is 0 Å². The Morgan fingerprint density at radius 2 is 1.59 bits per heavy atom. The van der Waals surface area contributed by atoms with Crippen molar-refractivity contribution in [2.45, 2.75) is 6.54 Å². The van der Waals surface area contributed by atoms with Crippen LogP contribution < -0.4 is 24.3 Å². The maximum absolute atomic E-state index is 5.75. The van der Waals surface area contributed by atoms with Crippen molar-refractivity contribution in [1.29, 1.82) is 0 Å². The molecule has 7 nitrogen and oxygen atoms in total. The fourth-order valence-corrected chi connectivity index (χ4v) is 2.71. The van der Waals surface area contributed by atoms with Gasteiger partial charge in [-0.3, -0.25) is 4.99 Å². The van der Waals surface area contributed by atoms with Crippen LogP contribution in [0.15, 0.2) is 47.5 Å². The minimum absolute atomic E-state index is 0. The maximum atomic E-state index is 5.75. The molecule has 0 spiro atoms. The Kier molecular flexibility index (Phi) is 11.0. The normalized spacial score (nSPS) is 10.6. The van der Waals surface area contributed by atoms with Crippen LogP contribution in [0.4, 0.5) is 0 Å². The van der Waals surface area contributed by atoms with Gasteiger partial charge in [0.1, 0.15) is 18.1 Å². The van der Waals surface area contributed by atoms with Crippen molar-refractivity contribution in [1.82, 2.24) is 10.2 Å². The number of aliphatic imine (C=N–C) groups is 1. The van der Waals surface area contributed by atoms with Gasteiger partial charge in [-0.1, -0.05) is 18.2 Å². The average Bonchev–Trinajstić information content (AvgIpc) is 2.74. The van der Waals surface area contributed by atoms with Crippen molar-refractivity contribution in [2.75, 3.05) is 48.6 Å². The summed E-state index contributed by atoms with van der Waals surface area (Å²) in [7, 11) is 8.56. The number of halogens is 1. The first-order valence-corrected chi connectivity index (χ1v) is 9.01. The minimum atomic E-state index is 0. The van der Waals surface area contributed by atoms with E-state index in [-0.39, 0.29) is 24.0 Å². The van der Waals surface area contributed by atoms with Crippen LogP contribution in [-0.4, -0.2) is 59.4 Å². The molecule has 0 aliphatic heterocycles. The van der Waals surface area contributed by atoms with E-state index in [0.29, 0.717) is 31.2 Å². The smallest absolute Gasteiger partial charge is 0.193 e. The summed E-state index contributed by atoms with van der Waals surface area (Å²) < 4.78 is 21.9. The van der Waals surface area contributed by atoms with Crippen LogP contribution in [0.1, 0.15) is 5.56 Å². The molecule has 0 bridgehead atoms. The summed E-state index contributed by atoms with van der Waals surface area (Å²) >= 11 is 0. The van der Waals surface area contributed by atoms with Crippen LogP contribution in [0.5, 0.6) is 23.0 Å². The second-order valence-corrected chi connectivity index (χ2v) is 6.00. The summed E-state index contributed by atoms with van der Waals surface area (Å²) in [6, 6.07) is 13.5. The number of nitrogens with one attached hydrogen (secondary N) is 1. The zero-order chi connectivity index (χ0) is 20.4. The van der Waals surface area contributed by atoms with Gasteiger partial charge in [0.05, 0.1) is 27.9 Å². The van der Waals surface area contributed by atoms with Crippen LogP contribution in [0.25, 0.3) is 0 Å². The number of hydrogen-bond donors (Lipinski definition) is 1. The molecular formula is C21H30IN3O4. The van der Waals surface area contributed by atoms with Gasteiger partial charge in [-0.2, -0.15) is 0 Å². The lowest BCUT2D eigenvalue weighted by atomic mass is 10.1. The van der Waals surface area contributed by atoms with Crippen LogP contribution in [-0.2, 0) is 6.54 Å². The number of rotatable bonds is 9. The van der Waals surface area contributed by atoms with E-state index in [2.05, 4.69) is 10.3 Å². The first-order chi connectivity index (χ1) is 13.6. The minimum Gasteiger partial charge on any atom is -0.496 e. The van der Waals surface area contributed by atoms with Gasteiger partial charge in [-0.15, -0.1) is 24.0 Å². The molecule has 0 heterocycles. The number of ether oxygens (including phenoxy) is 4. The molecule has 160 valence electrons. The molecule has 0 saturated heterocycles. The standard InChI is InChI=1S/C21H29N3O4.HI/c1-22-21(24(2)11-12-28-17-9-7-6-8-10-17)23-15-16-13-19(26-4)20(27-5)14-18(16)25-3;/h6-10,13-14H,11-12,15H2,1-5H3,(H,22,23);1H. The zero-order valence-electron chi connectivity index (χ0n) is 17.6. The van der Waals surface area contributed by atoms with Crippen molar-refractivity contribution in [3.63, 3.8) is 0 Å². The molecule has 0 fully saturated rings. The first-order valence-electron chi connectivity index (χ1n) is 9.01. The molecular weight excluding hydrogens is 485 g/mol. The third-order valence-corrected chi connectivity index (χ3v) is 4.24. The van der Waals surface area contributed by atoms with Gasteiger partial charge in [-0.05, 0) is 18.2 Å². The number of benzene rings is 2. The van der Waals surface area contributed by atoms with Crippen LogP contribution in [0.3, 0.4) is 0 Å². The molecule has 0 aliphatic carbocycles. The molecule has 1 N–H and O–H groups in total. The van der Waals surface area contributed by atoms with E-state index in [4.69, 9.17) is 18.9 Å². The van der Waals surface area contributed by atoms with Gasteiger partial charge in [0.15, 0.2) is 17.5 Å². The lowest BCUT2D eigenvalue weighted by molar-refractivity contribution is 0.281. The Hall–Kier alpha value is -2.36. The van der Waals surface area contributed by atoms with E-state index in [1.165, 1.54) is 0 Å². The molecule has 0 amide bonds. The van der Waals surface area contributed by atoms with Gasteiger partial charge in [-0.25, -0.2) is 0 Å². The summed E-state index contributed by atoms with van der Waals surface area (Å²) in [6.07, 6.45) is 0. The highest BCUT2D eigenvalue weighted by atomic mass is 127. The van der Waals surface area contributed by atoms with E-state index in [0.717, 1.165) is 23.0 Å². The van der Waals surface area contributed by atoms with Gasteiger partial charge in [0.2, 0.25) is 0 Å². The Morgan fingerprint density at radius 1 is 0.966 bits per heavy atom. The topological polar surface area (TPSA) is 64.6 Å². The molecule has 0 radical (unpaired) electrons. The fourth-order valence-electron chi connectivity index (χ4n) is 2.71. The Labute approximate surface area is 190 Å². The number of methoxy groups -OCH3 is 3. The summed E-state index contributed by atoms with van der Waals surface area (Å²) in [6.45, 7) is 1.78. The lowest BCUT2D eigenvalue weighted by Crippen LogP contribution is -2.40. The number of para-hydroxylation sites is 1. The second kappa shape index (κ2) is 13.0. The Bertz CT molecular complexity index is 772. The zero-order valence-corrected chi connectivity index (χ0v) is 19.9. The molecule has 2 aromatic carbocycles. The molecule has 29 heavy (non-hydrogen) atoms. The van der Waals surface area contributed by atoms with Gasteiger partial charge >= 0.3 is 0 Å². The number of nitrogens with zero attached hydrogens (tertiary/aromatic N) is 2. The number of hydrogen-bond acceptors (Lipinski definition) is 5. The number of likely N-dealkylation sites (N-methyl/N-ethyl adjacent to an activating group) is 1. The molecule has 0 saturated carbocycles. The molecule has 0 unspecified atom stereocenters. The molecule has 2 rings (SSSR count). The summed E-state index contributed by atoms with van der Waals surface area (Å²) in [4.78, 5) is 6.35. The highest BCUT2D eigenvalue weighted by Crippen LogP contribution is 2.34. The Morgan fingerprint density at radius 3 is 2.17 bits per heavy atom. The predicted octanol–water partition coefficient (Wildman–Crippen LogP) is 3.42. The van der Waals surface area contributed by atoms with Crippen molar-refractivity contribution >= 4 is 29.9 Å². The van der Waals surface area contributed by atoms with Crippen LogP contribution >= 0.6 is 24.0 Å². The van der Waals surface area contributed by atoms with Crippen LogP contribution in [0, 0.1) is 0 Å². The third-order valence-electron chi connectivity index (χ3n) is 4.24. The predicted molar refractivity (Wildman–Crippen MR) is 126 cm³/mol. The maximum Gasteiger partial charge on any atom is 0.193 e. The Balaban J connectivity index is 0.00000420. The van der Waals surface area contributed by atoms with Crippen molar-refractivity contribution in [3.05, 3.63) is 48.0 Å². The highest BCUT2D eigenvalue weighted by Gasteiger charge is 2.13. The van der Waals surface area contributed by atoms with Crippen molar-refractivity contribution in [3.8, 4) is 23.0 Å². The van der Waals surface area contributed by atoms with Gasteiger partial charge < -0.3 is 29.2 Å². The van der Waals surface area contributed by atoms with E-state index in [1.807, 2.05) is 54.4 Å². The lowest BCUT2D eigenvalue weighted by Gasteiger charge is -2.23. The van der Waals surface area contributed by atoms with Crippen molar-refractivity contribution in [2.24, 2.45) is 4.99 Å². The monoisotopic (exact) mass is 515 g/mol. The fraction of sp³-hybridized carbons (Fsp3) is 0.381. The average molecular weight is 515 g/mol. The first kappa shape index (κ1) is 24.7. The quantitative estimate of drug-likeness (QED) is 0.314. The SMILES string of the molecule is CN=C(NCc1cc(OC)c(OC)cc1OC)N(C)CCOc1ccccc1.I. The van der Waals surface area contributed by atoms with E-state index in [1.54, 1.807) is 28.4 Å². The van der Waals surface area contributed by atoms with Gasteiger partial charge in [0.25, 0.3) is 0 Å². The molecule has 8 heteroatoms. The largest absolute Gasteiger partial charge is 0.496 e. The van der Waals surface area contributed by atoms with E-state index >= 15 is 0 Å².